The molecule has 100 valence electrons. The fourth-order valence-electron chi connectivity index (χ4n) is 2.03. The highest BCUT2D eigenvalue weighted by Crippen LogP contribution is 2.25. The largest absolute Gasteiger partial charge is 0.378 e. The molecule has 1 amide bonds. The Balaban J connectivity index is 3.16. The van der Waals surface area contributed by atoms with Crippen molar-refractivity contribution in [3.8, 4) is 0 Å². The van der Waals surface area contributed by atoms with Gasteiger partial charge in [-0.3, -0.25) is 4.79 Å². The average molecular weight is 249 g/mol. The third kappa shape index (κ3) is 3.01. The molecular weight excluding hydrogens is 226 g/mol. The van der Waals surface area contributed by atoms with Gasteiger partial charge in [0.05, 0.1) is 5.56 Å². The summed E-state index contributed by atoms with van der Waals surface area (Å²) in [6, 6.07) is 5.58. The second-order valence-corrected chi connectivity index (χ2v) is 4.73. The van der Waals surface area contributed by atoms with Gasteiger partial charge < -0.3 is 16.8 Å². The number of carbonyl (C=O) groups is 1. The molecule has 1 rings (SSSR count). The number of primary amides is 1. The van der Waals surface area contributed by atoms with E-state index in [2.05, 4.69) is 19.2 Å². The molecule has 0 aliphatic carbocycles. The van der Waals surface area contributed by atoms with Crippen molar-refractivity contribution in [3.63, 3.8) is 0 Å². The topological polar surface area (TPSA) is 81.1 Å². The summed E-state index contributed by atoms with van der Waals surface area (Å²) in [5.74, 6) is -0.421. The maximum absolute atomic E-state index is 11.4. The molecule has 1 aromatic rings. The number of amides is 1. The summed E-state index contributed by atoms with van der Waals surface area (Å²) in [5.41, 5.74) is 13.5. The van der Waals surface area contributed by atoms with Crippen LogP contribution in [0.2, 0.25) is 0 Å². The first-order chi connectivity index (χ1) is 8.48. The van der Waals surface area contributed by atoms with Crippen molar-refractivity contribution in [2.75, 3.05) is 11.9 Å². The van der Waals surface area contributed by atoms with Gasteiger partial charge in [0, 0.05) is 17.8 Å². The molecule has 4 nitrogen and oxygen atoms in total. The summed E-state index contributed by atoms with van der Waals surface area (Å²) >= 11 is 0. The van der Waals surface area contributed by atoms with Crippen LogP contribution >= 0.6 is 0 Å². The van der Waals surface area contributed by atoms with Gasteiger partial charge in [0.1, 0.15) is 0 Å². The number of carbonyl (C=O) groups excluding carboxylic acids is 1. The van der Waals surface area contributed by atoms with Gasteiger partial charge >= 0.3 is 0 Å². The normalized spacial score (nSPS) is 11.3. The minimum Gasteiger partial charge on any atom is -0.378 e. The van der Waals surface area contributed by atoms with Crippen LogP contribution in [0.3, 0.4) is 0 Å². The van der Waals surface area contributed by atoms with Gasteiger partial charge in [0.2, 0.25) is 0 Å². The SMILES string of the molecule is CCC(CC)(CN)Nc1cc(C)ccc1C(N)=O. The van der Waals surface area contributed by atoms with Gasteiger partial charge in [-0.15, -0.1) is 0 Å². The zero-order valence-corrected chi connectivity index (χ0v) is 11.4. The van der Waals surface area contributed by atoms with E-state index in [-0.39, 0.29) is 5.54 Å². The van der Waals surface area contributed by atoms with Crippen LogP contribution in [0.5, 0.6) is 0 Å². The Morgan fingerprint density at radius 2 is 1.94 bits per heavy atom. The van der Waals surface area contributed by atoms with Crippen LogP contribution in [0.1, 0.15) is 42.6 Å². The lowest BCUT2D eigenvalue weighted by molar-refractivity contribution is 0.100. The number of nitrogens with two attached hydrogens (primary N) is 2. The first-order valence-electron chi connectivity index (χ1n) is 6.36. The molecule has 0 unspecified atom stereocenters. The monoisotopic (exact) mass is 249 g/mol. The number of rotatable bonds is 6. The van der Waals surface area contributed by atoms with Crippen LogP contribution < -0.4 is 16.8 Å². The van der Waals surface area contributed by atoms with Crippen molar-refractivity contribution < 1.29 is 4.79 Å². The van der Waals surface area contributed by atoms with Crippen molar-refractivity contribution in [2.24, 2.45) is 11.5 Å². The third-order valence-electron chi connectivity index (χ3n) is 3.58. The van der Waals surface area contributed by atoms with Crippen molar-refractivity contribution in [3.05, 3.63) is 29.3 Å². The first-order valence-corrected chi connectivity index (χ1v) is 6.36. The van der Waals surface area contributed by atoms with E-state index in [9.17, 15) is 4.79 Å². The summed E-state index contributed by atoms with van der Waals surface area (Å²) in [4.78, 5) is 11.4. The minimum absolute atomic E-state index is 0.183. The molecular formula is C14H23N3O. The summed E-state index contributed by atoms with van der Waals surface area (Å²) in [6.45, 7) is 6.68. The summed E-state index contributed by atoms with van der Waals surface area (Å²) in [7, 11) is 0. The van der Waals surface area contributed by atoms with Crippen LogP contribution in [-0.4, -0.2) is 18.0 Å². The Kier molecular flexibility index (Phi) is 4.73. The molecule has 4 heteroatoms. The smallest absolute Gasteiger partial charge is 0.250 e. The summed E-state index contributed by atoms with van der Waals surface area (Å²) in [6.07, 6.45) is 1.79. The number of nitrogens with one attached hydrogen (secondary N) is 1. The second kappa shape index (κ2) is 5.87. The van der Waals surface area contributed by atoms with Crippen LogP contribution in [0.4, 0.5) is 5.69 Å². The van der Waals surface area contributed by atoms with E-state index in [0.717, 1.165) is 24.1 Å². The standard InChI is InChI=1S/C14H23N3O/c1-4-14(5-2,9-15)17-12-8-10(3)6-7-11(12)13(16)18/h6-8,17H,4-5,9,15H2,1-3H3,(H2,16,18). The Morgan fingerprint density at radius 3 is 2.39 bits per heavy atom. The molecule has 0 radical (unpaired) electrons. The molecule has 1 aromatic carbocycles. The van der Waals surface area contributed by atoms with Crippen LogP contribution in [-0.2, 0) is 0 Å². The van der Waals surface area contributed by atoms with Crippen molar-refractivity contribution in [1.29, 1.82) is 0 Å². The van der Waals surface area contributed by atoms with Crippen molar-refractivity contribution in [1.82, 2.24) is 0 Å². The maximum Gasteiger partial charge on any atom is 0.250 e. The second-order valence-electron chi connectivity index (χ2n) is 4.73. The molecule has 0 aromatic heterocycles. The number of anilines is 1. The van der Waals surface area contributed by atoms with Crippen molar-refractivity contribution in [2.45, 2.75) is 39.2 Å². The molecule has 0 aliphatic heterocycles. The number of benzene rings is 1. The predicted octanol–water partition coefficient (Wildman–Crippen LogP) is 2.02. The summed E-state index contributed by atoms with van der Waals surface area (Å²) < 4.78 is 0. The number of hydrogen-bond donors (Lipinski definition) is 3. The minimum atomic E-state index is -0.421. The van der Waals surface area contributed by atoms with Gasteiger partial charge in [0.25, 0.3) is 5.91 Å². The lowest BCUT2D eigenvalue weighted by atomic mass is 9.92. The quantitative estimate of drug-likeness (QED) is 0.721. The molecule has 0 saturated carbocycles. The van der Waals surface area contributed by atoms with Gasteiger partial charge in [0.15, 0.2) is 0 Å². The zero-order chi connectivity index (χ0) is 13.8. The lowest BCUT2D eigenvalue weighted by Gasteiger charge is -2.33. The molecule has 0 aliphatic rings. The first kappa shape index (κ1) is 14.5. The van der Waals surface area contributed by atoms with E-state index in [0.29, 0.717) is 12.1 Å². The highest BCUT2D eigenvalue weighted by atomic mass is 16.1. The average Bonchev–Trinajstić information content (AvgIpc) is 2.36. The van der Waals surface area contributed by atoms with E-state index >= 15 is 0 Å². The van der Waals surface area contributed by atoms with E-state index in [1.54, 1.807) is 6.07 Å². The maximum atomic E-state index is 11.4. The number of aryl methyl sites for hydroxylation is 1. The highest BCUT2D eigenvalue weighted by molar-refractivity contribution is 5.98. The molecule has 0 heterocycles. The van der Waals surface area contributed by atoms with Crippen LogP contribution in [0.25, 0.3) is 0 Å². The number of hydrogen-bond acceptors (Lipinski definition) is 3. The van der Waals surface area contributed by atoms with Gasteiger partial charge in [-0.1, -0.05) is 19.9 Å². The van der Waals surface area contributed by atoms with Gasteiger partial charge in [-0.05, 0) is 37.5 Å². The summed E-state index contributed by atoms with van der Waals surface area (Å²) in [5, 5.41) is 3.41. The van der Waals surface area contributed by atoms with Crippen LogP contribution in [0, 0.1) is 6.92 Å². The third-order valence-corrected chi connectivity index (χ3v) is 3.58. The Bertz CT molecular complexity index is 417. The molecule has 0 saturated heterocycles. The fraction of sp³-hybridized carbons (Fsp3) is 0.500. The Labute approximate surface area is 109 Å². The zero-order valence-electron chi connectivity index (χ0n) is 11.4. The van der Waals surface area contributed by atoms with Crippen LogP contribution in [0.15, 0.2) is 18.2 Å². The van der Waals surface area contributed by atoms with E-state index in [4.69, 9.17) is 11.5 Å². The molecule has 0 atom stereocenters. The van der Waals surface area contributed by atoms with Gasteiger partial charge in [-0.25, -0.2) is 0 Å². The van der Waals surface area contributed by atoms with E-state index < -0.39 is 5.91 Å². The van der Waals surface area contributed by atoms with E-state index in [1.165, 1.54) is 0 Å². The van der Waals surface area contributed by atoms with E-state index in [1.807, 2.05) is 19.1 Å². The lowest BCUT2D eigenvalue weighted by Crippen LogP contribution is -2.44. The Hall–Kier alpha value is -1.55. The predicted molar refractivity (Wildman–Crippen MR) is 75.7 cm³/mol. The molecule has 18 heavy (non-hydrogen) atoms. The van der Waals surface area contributed by atoms with Gasteiger partial charge in [-0.2, -0.15) is 0 Å². The highest BCUT2D eigenvalue weighted by Gasteiger charge is 2.25. The molecule has 5 N–H and O–H groups in total. The fourth-order valence-corrected chi connectivity index (χ4v) is 2.03. The Morgan fingerprint density at radius 1 is 1.33 bits per heavy atom. The molecule has 0 spiro atoms. The molecule has 0 fully saturated rings. The van der Waals surface area contributed by atoms with Crippen molar-refractivity contribution >= 4 is 11.6 Å². The molecule has 0 bridgehead atoms.